The standard InChI is InChI=1S/C13H15ClN4O3/c1-8-16-12(18-21-8)6-15-13(20)17-11(7-19)9-2-4-10(14)5-3-9/h2-5,11,19H,6-7H2,1H3,(H2,15,17,20). The molecule has 1 unspecified atom stereocenters. The summed E-state index contributed by atoms with van der Waals surface area (Å²) in [7, 11) is 0. The van der Waals surface area contributed by atoms with Crippen LogP contribution >= 0.6 is 11.6 Å². The second-order valence-electron chi connectivity index (χ2n) is 4.34. The molecule has 1 heterocycles. The van der Waals surface area contributed by atoms with Crippen molar-refractivity contribution in [2.75, 3.05) is 6.61 Å². The molecule has 1 aromatic heterocycles. The van der Waals surface area contributed by atoms with Gasteiger partial charge in [0, 0.05) is 11.9 Å². The number of carbonyl (C=O) groups is 1. The van der Waals surface area contributed by atoms with Gasteiger partial charge in [0.1, 0.15) is 0 Å². The summed E-state index contributed by atoms with van der Waals surface area (Å²) in [6, 6.07) is 5.92. The van der Waals surface area contributed by atoms with Crippen molar-refractivity contribution in [2.45, 2.75) is 19.5 Å². The van der Waals surface area contributed by atoms with Crippen molar-refractivity contribution >= 4 is 17.6 Å². The first-order valence-corrected chi connectivity index (χ1v) is 6.66. The molecule has 3 N–H and O–H groups in total. The normalized spacial score (nSPS) is 12.0. The van der Waals surface area contributed by atoms with E-state index in [-0.39, 0.29) is 13.2 Å². The van der Waals surface area contributed by atoms with E-state index in [4.69, 9.17) is 16.1 Å². The average molecular weight is 311 g/mol. The van der Waals surface area contributed by atoms with Crippen LogP contribution in [0.25, 0.3) is 0 Å². The lowest BCUT2D eigenvalue weighted by Crippen LogP contribution is -2.39. The monoisotopic (exact) mass is 310 g/mol. The summed E-state index contributed by atoms with van der Waals surface area (Å²) in [5, 5.41) is 18.9. The van der Waals surface area contributed by atoms with Gasteiger partial charge in [0.2, 0.25) is 5.89 Å². The molecule has 2 aromatic rings. The summed E-state index contributed by atoms with van der Waals surface area (Å²) in [5.41, 5.74) is 0.757. The van der Waals surface area contributed by atoms with Crippen LogP contribution in [0, 0.1) is 6.92 Å². The van der Waals surface area contributed by atoms with E-state index in [1.165, 1.54) is 0 Å². The Bertz CT molecular complexity index is 600. The van der Waals surface area contributed by atoms with E-state index in [9.17, 15) is 9.90 Å². The summed E-state index contributed by atoms with van der Waals surface area (Å²) in [6.07, 6.45) is 0. The van der Waals surface area contributed by atoms with Gasteiger partial charge >= 0.3 is 6.03 Å². The molecular weight excluding hydrogens is 296 g/mol. The molecule has 0 radical (unpaired) electrons. The Labute approximate surface area is 126 Å². The van der Waals surface area contributed by atoms with Crippen LogP contribution < -0.4 is 10.6 Å². The van der Waals surface area contributed by atoms with E-state index >= 15 is 0 Å². The number of aryl methyl sites for hydroxylation is 1. The zero-order valence-corrected chi connectivity index (χ0v) is 12.1. The SMILES string of the molecule is Cc1nc(CNC(=O)NC(CO)c2ccc(Cl)cc2)no1. The third-order valence-corrected chi connectivity index (χ3v) is 2.99. The maximum absolute atomic E-state index is 11.8. The molecule has 0 aliphatic carbocycles. The number of aromatic nitrogens is 2. The molecule has 112 valence electrons. The van der Waals surface area contributed by atoms with Crippen LogP contribution in [-0.2, 0) is 6.54 Å². The maximum atomic E-state index is 11.8. The summed E-state index contributed by atoms with van der Waals surface area (Å²) >= 11 is 5.80. The van der Waals surface area contributed by atoms with Gasteiger partial charge in [-0.15, -0.1) is 0 Å². The first-order chi connectivity index (χ1) is 10.1. The van der Waals surface area contributed by atoms with Gasteiger partial charge in [0.25, 0.3) is 0 Å². The van der Waals surface area contributed by atoms with Gasteiger partial charge < -0.3 is 20.3 Å². The molecule has 1 atom stereocenters. The van der Waals surface area contributed by atoms with Crippen molar-refractivity contribution in [1.82, 2.24) is 20.8 Å². The zero-order chi connectivity index (χ0) is 15.2. The molecular formula is C13H15ClN4O3. The molecule has 1 aromatic carbocycles. The number of benzene rings is 1. The summed E-state index contributed by atoms with van der Waals surface area (Å²) in [5.74, 6) is 0.816. The predicted octanol–water partition coefficient (Wildman–Crippen LogP) is 1.56. The summed E-state index contributed by atoms with van der Waals surface area (Å²) < 4.78 is 4.79. The minimum absolute atomic E-state index is 0.141. The lowest BCUT2D eigenvalue weighted by atomic mass is 10.1. The Morgan fingerprint density at radius 3 is 2.71 bits per heavy atom. The highest BCUT2D eigenvalue weighted by atomic mass is 35.5. The van der Waals surface area contributed by atoms with Crippen molar-refractivity contribution in [3.05, 3.63) is 46.6 Å². The minimum atomic E-state index is -0.519. The summed E-state index contributed by atoms with van der Waals surface area (Å²) in [6.45, 7) is 1.58. The van der Waals surface area contributed by atoms with E-state index in [0.29, 0.717) is 16.7 Å². The van der Waals surface area contributed by atoms with Crippen molar-refractivity contribution in [3.8, 4) is 0 Å². The van der Waals surface area contributed by atoms with Gasteiger partial charge in [-0.2, -0.15) is 4.98 Å². The van der Waals surface area contributed by atoms with Crippen LogP contribution in [0.15, 0.2) is 28.8 Å². The first-order valence-electron chi connectivity index (χ1n) is 6.28. The molecule has 7 nitrogen and oxygen atoms in total. The van der Waals surface area contributed by atoms with E-state index in [1.807, 2.05) is 0 Å². The Morgan fingerprint density at radius 1 is 1.43 bits per heavy atom. The fourth-order valence-electron chi connectivity index (χ4n) is 1.71. The number of hydrogen-bond acceptors (Lipinski definition) is 5. The number of rotatable bonds is 5. The number of carbonyl (C=O) groups excluding carboxylic acids is 1. The Hall–Kier alpha value is -2.12. The Kier molecular flexibility index (Phi) is 5.13. The number of nitrogens with one attached hydrogen (secondary N) is 2. The largest absolute Gasteiger partial charge is 0.394 e. The van der Waals surface area contributed by atoms with Crippen LogP contribution in [0.5, 0.6) is 0 Å². The number of amides is 2. The molecule has 2 amide bonds. The number of hydrogen-bond donors (Lipinski definition) is 3. The van der Waals surface area contributed by atoms with Crippen LogP contribution in [0.2, 0.25) is 5.02 Å². The van der Waals surface area contributed by atoms with Gasteiger partial charge in [0.05, 0.1) is 19.2 Å². The minimum Gasteiger partial charge on any atom is -0.394 e. The number of aliphatic hydroxyl groups excluding tert-OH is 1. The number of aliphatic hydroxyl groups is 1. The highest BCUT2D eigenvalue weighted by molar-refractivity contribution is 6.30. The number of nitrogens with zero attached hydrogens (tertiary/aromatic N) is 2. The molecule has 0 aliphatic heterocycles. The van der Waals surface area contributed by atoms with E-state index in [2.05, 4.69) is 20.8 Å². The molecule has 0 spiro atoms. The van der Waals surface area contributed by atoms with E-state index in [1.54, 1.807) is 31.2 Å². The fourth-order valence-corrected chi connectivity index (χ4v) is 1.84. The smallest absolute Gasteiger partial charge is 0.315 e. The molecule has 8 heteroatoms. The molecule has 21 heavy (non-hydrogen) atoms. The molecule has 0 bridgehead atoms. The first kappa shape index (κ1) is 15.3. The van der Waals surface area contributed by atoms with Crippen LogP contribution in [0.3, 0.4) is 0 Å². The van der Waals surface area contributed by atoms with Gasteiger partial charge in [-0.25, -0.2) is 4.79 Å². The molecule has 0 saturated carbocycles. The molecule has 0 aliphatic rings. The third kappa shape index (κ3) is 4.44. The van der Waals surface area contributed by atoms with Gasteiger partial charge in [0.15, 0.2) is 5.82 Å². The van der Waals surface area contributed by atoms with E-state index < -0.39 is 12.1 Å². The van der Waals surface area contributed by atoms with Crippen molar-refractivity contribution in [2.24, 2.45) is 0 Å². The highest BCUT2D eigenvalue weighted by Gasteiger charge is 2.14. The molecule has 2 rings (SSSR count). The topological polar surface area (TPSA) is 100 Å². The Balaban J connectivity index is 1.89. The number of halogens is 1. The third-order valence-electron chi connectivity index (χ3n) is 2.74. The Morgan fingerprint density at radius 2 is 2.14 bits per heavy atom. The second kappa shape index (κ2) is 7.05. The van der Waals surface area contributed by atoms with E-state index in [0.717, 1.165) is 5.56 Å². The quantitative estimate of drug-likeness (QED) is 0.778. The van der Waals surface area contributed by atoms with Gasteiger partial charge in [-0.3, -0.25) is 0 Å². The summed E-state index contributed by atoms with van der Waals surface area (Å²) in [4.78, 5) is 15.8. The lowest BCUT2D eigenvalue weighted by Gasteiger charge is -2.17. The maximum Gasteiger partial charge on any atom is 0.315 e. The predicted molar refractivity (Wildman–Crippen MR) is 75.7 cm³/mol. The van der Waals surface area contributed by atoms with Crippen molar-refractivity contribution in [3.63, 3.8) is 0 Å². The van der Waals surface area contributed by atoms with Crippen molar-refractivity contribution in [1.29, 1.82) is 0 Å². The zero-order valence-electron chi connectivity index (χ0n) is 11.3. The van der Waals surface area contributed by atoms with Crippen LogP contribution in [-0.4, -0.2) is 27.9 Å². The van der Waals surface area contributed by atoms with Gasteiger partial charge in [-0.1, -0.05) is 28.9 Å². The lowest BCUT2D eigenvalue weighted by molar-refractivity contribution is 0.216. The highest BCUT2D eigenvalue weighted by Crippen LogP contribution is 2.16. The van der Waals surface area contributed by atoms with Gasteiger partial charge in [-0.05, 0) is 17.7 Å². The van der Waals surface area contributed by atoms with Crippen LogP contribution in [0.1, 0.15) is 23.3 Å². The second-order valence-corrected chi connectivity index (χ2v) is 4.78. The molecule has 0 saturated heterocycles. The van der Waals surface area contributed by atoms with Crippen LogP contribution in [0.4, 0.5) is 4.79 Å². The van der Waals surface area contributed by atoms with Crippen molar-refractivity contribution < 1.29 is 14.4 Å². The molecule has 0 fully saturated rings. The fraction of sp³-hybridized carbons (Fsp3) is 0.308. The average Bonchev–Trinajstić information content (AvgIpc) is 2.89. The number of urea groups is 1.